The Labute approximate surface area is 85.0 Å². The summed E-state index contributed by atoms with van der Waals surface area (Å²) >= 11 is 0. The SMILES string of the molecule is CC(C)[C@@H](CO)NCCCC(N)=NO. The van der Waals surface area contributed by atoms with E-state index in [1.165, 1.54) is 0 Å². The molecule has 0 amide bonds. The molecule has 14 heavy (non-hydrogen) atoms. The van der Waals surface area contributed by atoms with Crippen molar-refractivity contribution in [2.75, 3.05) is 13.2 Å². The van der Waals surface area contributed by atoms with Gasteiger partial charge in [-0.1, -0.05) is 19.0 Å². The predicted molar refractivity (Wildman–Crippen MR) is 56.4 cm³/mol. The second-order valence-electron chi connectivity index (χ2n) is 3.68. The first-order valence-electron chi connectivity index (χ1n) is 4.92. The smallest absolute Gasteiger partial charge is 0.139 e. The Morgan fingerprint density at radius 2 is 2.14 bits per heavy atom. The largest absolute Gasteiger partial charge is 0.409 e. The van der Waals surface area contributed by atoms with E-state index in [9.17, 15) is 0 Å². The minimum absolute atomic E-state index is 0.127. The number of aliphatic hydroxyl groups excluding tert-OH is 1. The van der Waals surface area contributed by atoms with Crippen molar-refractivity contribution < 1.29 is 10.3 Å². The molecule has 0 fully saturated rings. The zero-order valence-corrected chi connectivity index (χ0v) is 8.90. The van der Waals surface area contributed by atoms with Gasteiger partial charge in [-0.05, 0) is 18.9 Å². The molecule has 0 aliphatic heterocycles. The molecule has 5 heteroatoms. The van der Waals surface area contributed by atoms with E-state index in [4.69, 9.17) is 16.0 Å². The van der Waals surface area contributed by atoms with Gasteiger partial charge in [0.25, 0.3) is 0 Å². The van der Waals surface area contributed by atoms with Gasteiger partial charge >= 0.3 is 0 Å². The summed E-state index contributed by atoms with van der Waals surface area (Å²) in [5.74, 6) is 0.653. The topological polar surface area (TPSA) is 90.9 Å². The zero-order valence-electron chi connectivity index (χ0n) is 8.90. The van der Waals surface area contributed by atoms with Gasteiger partial charge in [0, 0.05) is 12.5 Å². The molecule has 1 atom stereocenters. The van der Waals surface area contributed by atoms with Gasteiger partial charge in [-0.15, -0.1) is 0 Å². The molecular formula is C9H21N3O2. The predicted octanol–water partition coefficient (Wildman–Crippen LogP) is 0.120. The van der Waals surface area contributed by atoms with Gasteiger partial charge in [0.1, 0.15) is 5.84 Å². The van der Waals surface area contributed by atoms with Crippen molar-refractivity contribution in [3.63, 3.8) is 0 Å². The number of nitrogens with zero attached hydrogens (tertiary/aromatic N) is 1. The summed E-state index contributed by atoms with van der Waals surface area (Å²) < 4.78 is 0. The Hall–Kier alpha value is -0.810. The second-order valence-corrected chi connectivity index (χ2v) is 3.68. The molecule has 0 spiro atoms. The first-order valence-corrected chi connectivity index (χ1v) is 4.92. The maximum absolute atomic E-state index is 9.00. The minimum atomic E-state index is 0.127. The maximum atomic E-state index is 9.00. The summed E-state index contributed by atoms with van der Waals surface area (Å²) in [5, 5.41) is 23.4. The highest BCUT2D eigenvalue weighted by Gasteiger charge is 2.10. The molecular weight excluding hydrogens is 182 g/mol. The Bertz CT molecular complexity index is 171. The van der Waals surface area contributed by atoms with Crippen molar-refractivity contribution >= 4 is 5.84 Å². The Kier molecular flexibility index (Phi) is 7.14. The van der Waals surface area contributed by atoms with Crippen LogP contribution in [0.5, 0.6) is 0 Å². The third kappa shape index (κ3) is 5.77. The number of rotatable bonds is 7. The fourth-order valence-electron chi connectivity index (χ4n) is 1.12. The van der Waals surface area contributed by atoms with E-state index < -0.39 is 0 Å². The summed E-state index contributed by atoms with van der Waals surface area (Å²) in [7, 11) is 0. The fraction of sp³-hybridized carbons (Fsp3) is 0.889. The van der Waals surface area contributed by atoms with Crippen LogP contribution < -0.4 is 11.1 Å². The highest BCUT2D eigenvalue weighted by atomic mass is 16.4. The average Bonchev–Trinajstić information content (AvgIpc) is 2.16. The lowest BCUT2D eigenvalue weighted by molar-refractivity contribution is 0.211. The van der Waals surface area contributed by atoms with E-state index in [0.717, 1.165) is 13.0 Å². The summed E-state index contributed by atoms with van der Waals surface area (Å²) in [6, 6.07) is 0.127. The van der Waals surface area contributed by atoms with Crippen LogP contribution in [0.4, 0.5) is 0 Å². The average molecular weight is 203 g/mol. The van der Waals surface area contributed by atoms with Crippen LogP contribution >= 0.6 is 0 Å². The van der Waals surface area contributed by atoms with E-state index in [-0.39, 0.29) is 18.5 Å². The molecule has 0 aromatic rings. The molecule has 0 heterocycles. The first-order chi connectivity index (χ1) is 6.61. The van der Waals surface area contributed by atoms with E-state index in [1.807, 2.05) is 0 Å². The van der Waals surface area contributed by atoms with Crippen molar-refractivity contribution in [3.8, 4) is 0 Å². The molecule has 0 aliphatic rings. The minimum Gasteiger partial charge on any atom is -0.409 e. The van der Waals surface area contributed by atoms with E-state index in [0.29, 0.717) is 12.3 Å². The summed E-state index contributed by atoms with van der Waals surface area (Å²) in [6.45, 7) is 5.01. The van der Waals surface area contributed by atoms with E-state index in [2.05, 4.69) is 24.3 Å². The number of aliphatic hydroxyl groups is 1. The molecule has 0 aromatic heterocycles. The molecule has 0 radical (unpaired) electrons. The highest BCUT2D eigenvalue weighted by Crippen LogP contribution is 2.00. The molecule has 84 valence electrons. The monoisotopic (exact) mass is 203 g/mol. The third-order valence-electron chi connectivity index (χ3n) is 2.15. The van der Waals surface area contributed by atoms with Crippen LogP contribution in [-0.2, 0) is 0 Å². The Morgan fingerprint density at radius 1 is 1.50 bits per heavy atom. The van der Waals surface area contributed by atoms with Gasteiger partial charge in [0.05, 0.1) is 6.61 Å². The zero-order chi connectivity index (χ0) is 11.0. The van der Waals surface area contributed by atoms with Crippen LogP contribution in [0, 0.1) is 5.92 Å². The van der Waals surface area contributed by atoms with Crippen LogP contribution in [0.1, 0.15) is 26.7 Å². The van der Waals surface area contributed by atoms with Crippen LogP contribution in [0.2, 0.25) is 0 Å². The van der Waals surface area contributed by atoms with Crippen LogP contribution in [0.25, 0.3) is 0 Å². The van der Waals surface area contributed by atoms with Crippen molar-refractivity contribution in [3.05, 3.63) is 0 Å². The Morgan fingerprint density at radius 3 is 2.57 bits per heavy atom. The molecule has 0 bridgehead atoms. The lowest BCUT2D eigenvalue weighted by Crippen LogP contribution is -2.37. The normalized spacial score (nSPS) is 14.7. The van der Waals surface area contributed by atoms with Gasteiger partial charge in [-0.2, -0.15) is 0 Å². The molecule has 0 unspecified atom stereocenters. The number of nitrogens with one attached hydrogen (secondary N) is 1. The lowest BCUT2D eigenvalue weighted by atomic mass is 10.1. The molecule has 5 N–H and O–H groups in total. The third-order valence-corrected chi connectivity index (χ3v) is 2.15. The van der Waals surface area contributed by atoms with Crippen molar-refractivity contribution in [1.82, 2.24) is 5.32 Å². The van der Waals surface area contributed by atoms with Crippen molar-refractivity contribution in [2.24, 2.45) is 16.8 Å². The van der Waals surface area contributed by atoms with Crippen molar-refractivity contribution in [2.45, 2.75) is 32.7 Å². The maximum Gasteiger partial charge on any atom is 0.139 e. The molecule has 5 nitrogen and oxygen atoms in total. The molecule has 0 aliphatic carbocycles. The lowest BCUT2D eigenvalue weighted by Gasteiger charge is -2.19. The summed E-state index contributed by atoms with van der Waals surface area (Å²) in [5.41, 5.74) is 5.30. The number of oxime groups is 1. The van der Waals surface area contributed by atoms with Crippen molar-refractivity contribution in [1.29, 1.82) is 0 Å². The first kappa shape index (κ1) is 13.2. The quantitative estimate of drug-likeness (QED) is 0.155. The number of amidine groups is 1. The van der Waals surface area contributed by atoms with Gasteiger partial charge in [0.2, 0.25) is 0 Å². The van der Waals surface area contributed by atoms with E-state index >= 15 is 0 Å². The number of nitrogens with two attached hydrogens (primary N) is 1. The van der Waals surface area contributed by atoms with Gasteiger partial charge < -0.3 is 21.4 Å². The standard InChI is InChI=1S/C9H21N3O2/c1-7(2)8(6-13)11-5-3-4-9(10)12-14/h7-8,11,13-14H,3-6H2,1-2H3,(H2,10,12)/t8-/m1/s1. The number of hydrogen-bond donors (Lipinski definition) is 4. The second kappa shape index (κ2) is 7.58. The molecule has 0 saturated heterocycles. The molecule has 0 aromatic carbocycles. The van der Waals surface area contributed by atoms with Gasteiger partial charge in [0.15, 0.2) is 0 Å². The fourth-order valence-corrected chi connectivity index (χ4v) is 1.12. The van der Waals surface area contributed by atoms with Gasteiger partial charge in [-0.25, -0.2) is 0 Å². The number of hydrogen-bond acceptors (Lipinski definition) is 4. The summed E-state index contributed by atoms with van der Waals surface area (Å²) in [6.07, 6.45) is 1.37. The van der Waals surface area contributed by atoms with E-state index in [1.54, 1.807) is 0 Å². The van der Waals surface area contributed by atoms with Gasteiger partial charge in [-0.3, -0.25) is 0 Å². The van der Waals surface area contributed by atoms with Crippen LogP contribution in [0.15, 0.2) is 5.16 Å². The molecule has 0 rings (SSSR count). The Balaban J connectivity index is 3.52. The summed E-state index contributed by atoms with van der Waals surface area (Å²) in [4.78, 5) is 0. The molecule has 0 saturated carbocycles. The highest BCUT2D eigenvalue weighted by molar-refractivity contribution is 5.79. The van der Waals surface area contributed by atoms with Crippen LogP contribution in [-0.4, -0.2) is 35.3 Å². The van der Waals surface area contributed by atoms with Crippen LogP contribution in [0.3, 0.4) is 0 Å².